The Bertz CT molecular complexity index is 3410. The number of aryl methyl sites for hydroxylation is 1. The number of hydrogen-bond donors (Lipinski definition) is 9. The van der Waals surface area contributed by atoms with E-state index in [1.54, 1.807) is 91.8 Å². The molecular formula is C77H114N12O15. The normalized spacial score (nSPS) is 19.0. The molecule has 10 N–H and O–H groups in total. The molecule has 1 saturated heterocycles. The summed E-state index contributed by atoms with van der Waals surface area (Å²) >= 11 is 0. The van der Waals surface area contributed by atoms with E-state index in [4.69, 9.17) is 19.9 Å². The highest BCUT2D eigenvalue weighted by Crippen LogP contribution is 2.54. The number of amides is 12. The number of rotatable bonds is 42. The Morgan fingerprint density at radius 1 is 0.673 bits per heavy atom. The van der Waals surface area contributed by atoms with Crippen LogP contribution in [0.25, 0.3) is 0 Å². The minimum absolute atomic E-state index is 0.0253. The lowest BCUT2D eigenvalue weighted by Gasteiger charge is -2.52. The molecule has 0 radical (unpaired) electrons. The molecule has 3 aromatic rings. The Morgan fingerprint density at radius 3 is 1.87 bits per heavy atom. The molecule has 0 unspecified atom stereocenters. The number of carbonyl (C=O) groups excluding carboxylic acids is 11. The first-order chi connectivity index (χ1) is 49.3. The third-order valence-electron chi connectivity index (χ3n) is 20.7. The molecule has 2 aliphatic heterocycles. The number of ether oxygens (including phenoxy) is 3. The molecule has 3 aromatic carbocycles. The number of unbranched alkanes of at least 4 members (excludes halogenated alkanes) is 1. The van der Waals surface area contributed by atoms with Crippen molar-refractivity contribution in [3.8, 4) is 0 Å². The maximum Gasteiger partial charge on any atom is 0.410 e. The number of aliphatic hydroxyl groups is 1. The number of nitrogens with one attached hydrogen (secondary N) is 7. The van der Waals surface area contributed by atoms with E-state index in [-0.39, 0.29) is 69.2 Å². The zero-order chi connectivity index (χ0) is 76.8. The fourth-order valence-corrected chi connectivity index (χ4v) is 14.2. The second kappa shape index (κ2) is 39.4. The van der Waals surface area contributed by atoms with Gasteiger partial charge in [-0.25, -0.2) is 9.59 Å². The number of anilines is 1. The van der Waals surface area contributed by atoms with Crippen LogP contribution in [0.3, 0.4) is 0 Å². The summed E-state index contributed by atoms with van der Waals surface area (Å²) in [5.74, 6) is -6.73. The predicted octanol–water partition coefficient (Wildman–Crippen LogP) is 5.89. The highest BCUT2D eigenvalue weighted by atomic mass is 16.6. The van der Waals surface area contributed by atoms with Crippen LogP contribution in [0.5, 0.6) is 0 Å². The molecule has 0 spiro atoms. The zero-order valence-corrected chi connectivity index (χ0v) is 63.2. The van der Waals surface area contributed by atoms with Gasteiger partial charge in [-0.05, 0) is 123 Å². The van der Waals surface area contributed by atoms with Crippen LogP contribution < -0.4 is 43.0 Å². The smallest absolute Gasteiger partial charge is 0.410 e. The van der Waals surface area contributed by atoms with E-state index in [1.165, 1.54) is 24.6 Å². The number of aliphatic hydroxyl groups excluding tert-OH is 1. The third kappa shape index (κ3) is 22.4. The number of benzene rings is 3. The Labute approximate surface area is 613 Å². The second-order valence-electron chi connectivity index (χ2n) is 29.2. The van der Waals surface area contributed by atoms with Crippen LogP contribution in [0, 0.1) is 35.5 Å². The van der Waals surface area contributed by atoms with E-state index in [1.807, 2.05) is 74.2 Å². The van der Waals surface area contributed by atoms with Gasteiger partial charge in [0.1, 0.15) is 30.8 Å². The van der Waals surface area contributed by atoms with E-state index in [2.05, 4.69) is 49.4 Å². The quantitative estimate of drug-likeness (QED) is 0.0236. The van der Waals surface area contributed by atoms with Crippen LogP contribution in [-0.4, -0.2) is 205 Å². The number of methoxy groups -OCH3 is 2. The summed E-state index contributed by atoms with van der Waals surface area (Å²) in [4.78, 5) is 156. The molecule has 2 heterocycles. The molecule has 12 atom stereocenters. The molecule has 27 nitrogen and oxygen atoms in total. The number of hydrogen-bond acceptors (Lipinski definition) is 16. The van der Waals surface area contributed by atoms with Gasteiger partial charge in [-0.3, -0.25) is 57.9 Å². The minimum atomic E-state index is -1.59. The van der Waals surface area contributed by atoms with E-state index in [0.29, 0.717) is 55.6 Å². The summed E-state index contributed by atoms with van der Waals surface area (Å²) in [7, 11) is 6.17. The first kappa shape index (κ1) is 84.2. The Balaban J connectivity index is 1.01. The van der Waals surface area contributed by atoms with E-state index in [0.717, 1.165) is 36.3 Å². The summed E-state index contributed by atoms with van der Waals surface area (Å²) in [5, 5.41) is 30.6. The summed E-state index contributed by atoms with van der Waals surface area (Å²) in [5.41, 5.74) is 5.78. The van der Waals surface area contributed by atoms with Crippen molar-refractivity contribution in [2.24, 2.45) is 41.2 Å². The van der Waals surface area contributed by atoms with Crippen LogP contribution in [0.15, 0.2) is 97.1 Å². The molecule has 1 aliphatic carbocycles. The Morgan fingerprint density at radius 2 is 1.29 bits per heavy atom. The molecular weight excluding hydrogens is 1330 g/mol. The largest absolute Gasteiger partial charge is 0.445 e. The molecule has 12 amide bonds. The number of urea groups is 1. The lowest BCUT2D eigenvalue weighted by molar-refractivity contribution is -0.164. The topological polar surface area (TPSA) is 359 Å². The second-order valence-corrected chi connectivity index (χ2v) is 29.2. The molecule has 27 heteroatoms. The number of likely N-dealkylation sites (tertiary alicyclic amines) is 1. The fraction of sp³-hybridized carbons (Fsp3) is 0.597. The van der Waals surface area contributed by atoms with E-state index in [9.17, 15) is 57.8 Å². The van der Waals surface area contributed by atoms with E-state index >= 15 is 0 Å². The summed E-state index contributed by atoms with van der Waals surface area (Å²) in [6.45, 7) is 19.0. The number of imide groups is 1. The van der Waals surface area contributed by atoms with Crippen LogP contribution in [0.1, 0.15) is 150 Å². The van der Waals surface area contributed by atoms with Crippen molar-refractivity contribution in [2.45, 2.75) is 200 Å². The molecule has 3 aliphatic rings. The van der Waals surface area contributed by atoms with Crippen molar-refractivity contribution in [3.05, 3.63) is 114 Å². The highest BCUT2D eigenvalue weighted by Gasteiger charge is 2.60. The van der Waals surface area contributed by atoms with Gasteiger partial charge in [-0.1, -0.05) is 142 Å². The standard InChI is InChI=1S/C77H114N12O15/c1-15-50(8)66(59(102-13)42-60(90)79-39-24-31-56-43-77(56,103-14)51(9)68(94)81-52(10)67(93)55-29-20-17-21-30-55)86(11)72(98)64(48(4)5)84-71(97)65(49(6)7)87(12)75(101)104-44-54-33-35-57(36-34-54)82-69(95)58(32-25-40-80-74(78)100)83-70(96)63(47(2)3)85-73(99)76(89-61(91)37-38-62(89)92)45-88(46-76)41-23-22-28-53-26-18-16-19-27-53/h16-21,26-27,29-30,33-38,47-52,56,58-59,63-67,93H,15,22-25,28,31-32,39-46H2,1-14H3,(H,79,90)(H,81,94)(H,82,95)(H,83,96)(H,84,97)(H,85,99)(H3,78,80,100)/t50-,51-,52+,56+,58-,59+,63-,64-,65-,66-,67+,77+/m0/s1. The van der Waals surface area contributed by atoms with Gasteiger partial charge in [0.15, 0.2) is 5.54 Å². The minimum Gasteiger partial charge on any atom is -0.445 e. The van der Waals surface area contributed by atoms with Gasteiger partial charge in [-0.2, -0.15) is 0 Å². The molecule has 2 fully saturated rings. The van der Waals surface area contributed by atoms with Gasteiger partial charge in [0, 0.05) is 72.3 Å². The molecule has 0 aromatic heterocycles. The molecule has 0 bridgehead atoms. The monoisotopic (exact) mass is 1450 g/mol. The van der Waals surface area contributed by atoms with Crippen molar-refractivity contribution in [1.82, 2.24) is 51.5 Å². The average Bonchev–Trinajstić information content (AvgIpc) is 1.45. The van der Waals surface area contributed by atoms with Gasteiger partial charge >= 0.3 is 12.1 Å². The van der Waals surface area contributed by atoms with Gasteiger partial charge < -0.3 is 67.2 Å². The van der Waals surface area contributed by atoms with Crippen molar-refractivity contribution in [2.75, 3.05) is 66.4 Å². The van der Waals surface area contributed by atoms with Crippen LogP contribution in [0.2, 0.25) is 0 Å². The lowest BCUT2D eigenvalue weighted by Crippen LogP contribution is -2.78. The highest BCUT2D eigenvalue weighted by molar-refractivity contribution is 6.16. The maximum atomic E-state index is 14.7. The predicted molar refractivity (Wildman–Crippen MR) is 393 cm³/mol. The molecule has 6 rings (SSSR count). The lowest BCUT2D eigenvalue weighted by atomic mass is 9.85. The average molecular weight is 1450 g/mol. The van der Waals surface area contributed by atoms with Gasteiger partial charge in [0.25, 0.3) is 11.8 Å². The number of nitrogens with zero attached hydrogens (tertiary/aromatic N) is 4. The van der Waals surface area contributed by atoms with Gasteiger partial charge in [0.2, 0.25) is 41.4 Å². The number of carbonyl (C=O) groups is 11. The Hall–Kier alpha value is -8.79. The van der Waals surface area contributed by atoms with Gasteiger partial charge in [-0.15, -0.1) is 0 Å². The molecule has 572 valence electrons. The van der Waals surface area contributed by atoms with Gasteiger partial charge in [0.05, 0.1) is 42.2 Å². The Kier molecular flexibility index (Phi) is 31.8. The number of nitrogens with two attached hydrogens (primary N) is 1. The third-order valence-corrected chi connectivity index (χ3v) is 20.7. The van der Waals surface area contributed by atoms with Crippen molar-refractivity contribution in [3.63, 3.8) is 0 Å². The molecule has 104 heavy (non-hydrogen) atoms. The SMILES string of the molecule is CC[C@H](C)[C@@H]([C@@H](CC(=O)NCCC[C@@H]1C[C@@]1(OC)[C@@H](C)C(=O)N[C@H](C)[C@@H](O)c1ccccc1)OC)N(C)C(=O)[C@@H](NC(=O)[C@H](C(C)C)N(C)C(=O)OCc1ccc(NC(=O)[C@H](CCCNC(N)=O)NC(=O)[C@@H](NC(=O)C2(N3C(=O)C=CC3=O)CN(CCCCc3ccccc3)C2)C(C)C)cc1)C(C)C. The first-order valence-electron chi connectivity index (χ1n) is 36.6. The summed E-state index contributed by atoms with van der Waals surface area (Å²) in [6.07, 6.45) is 5.17. The molecule has 1 saturated carbocycles. The fourth-order valence-electron chi connectivity index (χ4n) is 14.2. The summed E-state index contributed by atoms with van der Waals surface area (Å²) < 4.78 is 17.7. The van der Waals surface area contributed by atoms with Crippen molar-refractivity contribution >= 4 is 71.0 Å². The van der Waals surface area contributed by atoms with Crippen LogP contribution >= 0.6 is 0 Å². The number of primary amides is 1. The van der Waals surface area contributed by atoms with Crippen LogP contribution in [-0.2, 0) is 70.4 Å². The first-order valence-corrected chi connectivity index (χ1v) is 36.6. The van der Waals surface area contributed by atoms with Crippen molar-refractivity contribution in [1.29, 1.82) is 0 Å². The maximum absolute atomic E-state index is 14.7. The van der Waals surface area contributed by atoms with Crippen molar-refractivity contribution < 1.29 is 72.1 Å². The number of likely N-dealkylation sites (N-methyl/N-ethyl adjacent to an activating group) is 2. The van der Waals surface area contributed by atoms with Crippen LogP contribution in [0.4, 0.5) is 15.3 Å². The zero-order valence-electron chi connectivity index (χ0n) is 63.2. The summed E-state index contributed by atoms with van der Waals surface area (Å²) in [6, 6.07) is 19.1. The van der Waals surface area contributed by atoms with E-state index < -0.39 is 137 Å².